The molecule has 0 spiro atoms. The molecule has 0 heterocycles. The van der Waals surface area contributed by atoms with Crippen LogP contribution in [0.25, 0.3) is 0 Å². The molecule has 1 unspecified atom stereocenters. The minimum Gasteiger partial charge on any atom is -0.467 e. The van der Waals surface area contributed by atoms with Crippen LogP contribution in [0.2, 0.25) is 0 Å². The molecule has 0 aliphatic rings. The van der Waals surface area contributed by atoms with Gasteiger partial charge in [0.05, 0.1) is 7.11 Å². The van der Waals surface area contributed by atoms with E-state index in [1.807, 2.05) is 18.2 Å². The van der Waals surface area contributed by atoms with Crippen molar-refractivity contribution in [3.05, 3.63) is 35.9 Å². The Morgan fingerprint density at radius 3 is 2.48 bits per heavy atom. The number of nitrogens with one attached hydrogen (secondary N) is 1. The second-order valence-electron chi connectivity index (χ2n) is 4.29. The molecule has 0 aliphatic carbocycles. The standard InChI is InChI=1S/C14H18N2O5/c1-20-13(18)11(7-8-12(15)17)16-14(19)21-9-10-5-3-2-4-6-10/h2-6,11H,7-9H2,1H3,(H2,15,17)(H,16,19)/i15+1. The van der Waals surface area contributed by atoms with E-state index in [0.29, 0.717) is 0 Å². The number of amides is 2. The van der Waals surface area contributed by atoms with E-state index in [2.05, 4.69) is 10.1 Å². The number of ether oxygens (including phenoxy) is 2. The lowest BCUT2D eigenvalue weighted by Crippen LogP contribution is -2.42. The van der Waals surface area contributed by atoms with Crippen molar-refractivity contribution in [1.82, 2.24) is 5.32 Å². The summed E-state index contributed by atoms with van der Waals surface area (Å²) in [6, 6.07) is 8.13. The third-order valence-electron chi connectivity index (χ3n) is 2.67. The molecule has 0 fully saturated rings. The van der Waals surface area contributed by atoms with Crippen molar-refractivity contribution in [2.75, 3.05) is 7.11 Å². The number of primary amides is 1. The van der Waals surface area contributed by atoms with Gasteiger partial charge in [0.1, 0.15) is 12.6 Å². The van der Waals surface area contributed by atoms with Crippen LogP contribution in [0.3, 0.4) is 0 Å². The van der Waals surface area contributed by atoms with Gasteiger partial charge in [-0.15, -0.1) is 0 Å². The SMILES string of the molecule is COC(=O)C(CCC([15NH2])=O)NC(=O)OCc1ccccc1. The summed E-state index contributed by atoms with van der Waals surface area (Å²) in [5, 5.41) is 2.35. The predicted molar refractivity (Wildman–Crippen MR) is 74.0 cm³/mol. The van der Waals surface area contributed by atoms with Crippen LogP contribution in [0.4, 0.5) is 4.79 Å². The number of hydrogen-bond acceptors (Lipinski definition) is 5. The zero-order valence-corrected chi connectivity index (χ0v) is 11.7. The molecule has 7 heteroatoms. The van der Waals surface area contributed by atoms with Gasteiger partial charge in [-0.05, 0) is 12.0 Å². The highest BCUT2D eigenvalue weighted by atomic mass is 16.6. The number of methoxy groups -OCH3 is 1. The molecule has 0 radical (unpaired) electrons. The molecular weight excluding hydrogens is 277 g/mol. The number of nitrogens with two attached hydrogens (primary N) is 1. The lowest BCUT2D eigenvalue weighted by molar-refractivity contribution is -0.143. The Bertz CT molecular complexity index is 489. The number of alkyl carbamates (subject to hydrolysis) is 1. The van der Waals surface area contributed by atoms with Crippen molar-refractivity contribution in [1.29, 1.82) is 0 Å². The van der Waals surface area contributed by atoms with Crippen LogP contribution in [0, 0.1) is 0 Å². The Hall–Kier alpha value is -2.57. The van der Waals surface area contributed by atoms with Crippen LogP contribution in [0.5, 0.6) is 0 Å². The summed E-state index contributed by atoms with van der Waals surface area (Å²) in [6.45, 7) is 0.0797. The lowest BCUT2D eigenvalue weighted by Gasteiger charge is -2.15. The third-order valence-corrected chi connectivity index (χ3v) is 2.67. The van der Waals surface area contributed by atoms with Gasteiger partial charge in [0.25, 0.3) is 0 Å². The second-order valence-corrected chi connectivity index (χ2v) is 4.29. The first-order valence-corrected chi connectivity index (χ1v) is 6.36. The highest BCUT2D eigenvalue weighted by molar-refractivity contribution is 5.82. The highest BCUT2D eigenvalue weighted by Crippen LogP contribution is 2.03. The van der Waals surface area contributed by atoms with Crippen molar-refractivity contribution in [3.8, 4) is 0 Å². The Morgan fingerprint density at radius 1 is 1.24 bits per heavy atom. The van der Waals surface area contributed by atoms with E-state index in [4.69, 9.17) is 10.5 Å². The van der Waals surface area contributed by atoms with Crippen molar-refractivity contribution < 1.29 is 23.9 Å². The summed E-state index contributed by atoms with van der Waals surface area (Å²) in [5.74, 6) is -1.23. The zero-order valence-electron chi connectivity index (χ0n) is 11.7. The minimum atomic E-state index is -0.967. The van der Waals surface area contributed by atoms with Gasteiger partial charge < -0.3 is 20.5 Å². The first-order chi connectivity index (χ1) is 10.0. The van der Waals surface area contributed by atoms with Gasteiger partial charge in [-0.3, -0.25) is 4.79 Å². The van der Waals surface area contributed by atoms with Crippen molar-refractivity contribution in [2.24, 2.45) is 5.73 Å². The van der Waals surface area contributed by atoms with E-state index in [1.165, 1.54) is 7.11 Å². The Kier molecular flexibility index (Phi) is 6.73. The molecular formula is C14H18N2O5. The van der Waals surface area contributed by atoms with E-state index in [9.17, 15) is 14.4 Å². The smallest absolute Gasteiger partial charge is 0.408 e. The van der Waals surface area contributed by atoms with Gasteiger partial charge in [0, 0.05) is 6.42 Å². The van der Waals surface area contributed by atoms with Gasteiger partial charge in [-0.1, -0.05) is 30.3 Å². The fourth-order valence-corrected chi connectivity index (χ4v) is 1.58. The summed E-state index contributed by atoms with van der Waals surface area (Å²) in [4.78, 5) is 33.9. The van der Waals surface area contributed by atoms with Crippen LogP contribution < -0.4 is 11.1 Å². The van der Waals surface area contributed by atoms with Crippen molar-refractivity contribution in [3.63, 3.8) is 0 Å². The van der Waals surface area contributed by atoms with Crippen LogP contribution in [-0.2, 0) is 25.7 Å². The first kappa shape index (κ1) is 16.5. The van der Waals surface area contributed by atoms with Crippen molar-refractivity contribution in [2.45, 2.75) is 25.5 Å². The number of carbonyl (C=O) groups is 3. The van der Waals surface area contributed by atoms with Gasteiger partial charge >= 0.3 is 12.1 Å². The average Bonchev–Trinajstić information content (AvgIpc) is 2.49. The van der Waals surface area contributed by atoms with Crippen molar-refractivity contribution >= 4 is 18.0 Å². The highest BCUT2D eigenvalue weighted by Gasteiger charge is 2.22. The van der Waals surface area contributed by atoms with E-state index in [1.54, 1.807) is 12.1 Å². The largest absolute Gasteiger partial charge is 0.467 e. The molecule has 1 atom stereocenters. The Labute approximate surface area is 122 Å². The number of carbonyl (C=O) groups excluding carboxylic acids is 3. The van der Waals surface area contributed by atoms with E-state index < -0.39 is 24.0 Å². The van der Waals surface area contributed by atoms with E-state index in [-0.39, 0.29) is 19.4 Å². The van der Waals surface area contributed by atoms with Crippen LogP contribution in [0.15, 0.2) is 30.3 Å². The molecule has 3 N–H and O–H groups in total. The van der Waals surface area contributed by atoms with Crippen LogP contribution >= 0.6 is 0 Å². The van der Waals surface area contributed by atoms with Gasteiger partial charge in [0.15, 0.2) is 0 Å². The first-order valence-electron chi connectivity index (χ1n) is 6.36. The number of benzene rings is 1. The molecule has 0 aromatic heterocycles. The summed E-state index contributed by atoms with van der Waals surface area (Å²) >= 11 is 0. The second kappa shape index (κ2) is 8.57. The molecule has 114 valence electrons. The van der Waals surface area contributed by atoms with Gasteiger partial charge in [-0.2, -0.15) is 0 Å². The molecule has 0 saturated heterocycles. The monoisotopic (exact) mass is 295 g/mol. The molecule has 0 bridgehead atoms. The van der Waals surface area contributed by atoms with E-state index in [0.717, 1.165) is 5.56 Å². The third kappa shape index (κ3) is 6.42. The van der Waals surface area contributed by atoms with Gasteiger partial charge in [-0.25, -0.2) is 9.59 Å². The van der Waals surface area contributed by atoms with Crippen LogP contribution in [0.1, 0.15) is 18.4 Å². The molecule has 0 aliphatic heterocycles. The Morgan fingerprint density at radius 2 is 1.90 bits per heavy atom. The summed E-state index contributed by atoms with van der Waals surface area (Å²) in [5.41, 5.74) is 5.83. The molecule has 1 aromatic carbocycles. The Balaban J connectivity index is 2.47. The zero-order chi connectivity index (χ0) is 15.7. The summed E-state index contributed by atoms with van der Waals surface area (Å²) in [7, 11) is 1.19. The predicted octanol–water partition coefficient (Wildman–Crippen LogP) is 0.720. The summed E-state index contributed by atoms with van der Waals surface area (Å²) in [6.07, 6.45) is -0.750. The fourth-order valence-electron chi connectivity index (χ4n) is 1.58. The molecule has 7 nitrogen and oxygen atoms in total. The topological polar surface area (TPSA) is 108 Å². The van der Waals surface area contributed by atoms with Crippen LogP contribution in [-0.4, -0.2) is 31.1 Å². The molecule has 0 saturated carbocycles. The maximum absolute atomic E-state index is 11.6. The maximum Gasteiger partial charge on any atom is 0.408 e. The molecule has 21 heavy (non-hydrogen) atoms. The average molecular weight is 295 g/mol. The fraction of sp³-hybridized carbons (Fsp3) is 0.357. The normalized spacial score (nSPS) is 11.3. The number of rotatable bonds is 7. The number of esters is 1. The summed E-state index contributed by atoms with van der Waals surface area (Å²) < 4.78 is 9.53. The molecule has 2 amide bonds. The van der Waals surface area contributed by atoms with Gasteiger partial charge in [0.2, 0.25) is 5.91 Å². The lowest BCUT2D eigenvalue weighted by atomic mass is 10.1. The van der Waals surface area contributed by atoms with E-state index >= 15 is 0 Å². The minimum absolute atomic E-state index is 0.0429. The molecule has 1 aromatic rings. The quantitative estimate of drug-likeness (QED) is 0.569. The molecule has 1 rings (SSSR count). The number of hydrogen-bond donors (Lipinski definition) is 2. The maximum atomic E-state index is 11.6.